The van der Waals surface area contributed by atoms with Crippen LogP contribution in [0.15, 0.2) is 23.1 Å². The first-order valence-corrected chi connectivity index (χ1v) is 10.8. The van der Waals surface area contributed by atoms with E-state index in [1.807, 2.05) is 6.92 Å². The summed E-state index contributed by atoms with van der Waals surface area (Å²) in [6.07, 6.45) is -0.0578. The molecule has 1 saturated heterocycles. The molecular formula is C19H28N2O6S. The Labute approximate surface area is 166 Å². The molecule has 8 nitrogen and oxygen atoms in total. The van der Waals surface area contributed by atoms with E-state index >= 15 is 0 Å². The van der Waals surface area contributed by atoms with Crippen LogP contribution in [-0.4, -0.2) is 75.0 Å². The molecule has 1 aromatic rings. The molecule has 0 saturated carbocycles. The molecule has 1 amide bonds. The number of nitrogens with zero attached hydrogens (tertiary/aromatic N) is 2. The van der Waals surface area contributed by atoms with Crippen molar-refractivity contribution in [3.63, 3.8) is 0 Å². The van der Waals surface area contributed by atoms with Gasteiger partial charge >= 0.3 is 5.97 Å². The van der Waals surface area contributed by atoms with E-state index in [-0.39, 0.29) is 22.5 Å². The van der Waals surface area contributed by atoms with Crippen molar-refractivity contribution in [3.8, 4) is 0 Å². The largest absolute Gasteiger partial charge is 0.452 e. The van der Waals surface area contributed by atoms with Crippen LogP contribution in [0.1, 0.15) is 36.7 Å². The van der Waals surface area contributed by atoms with E-state index in [0.717, 1.165) is 0 Å². The van der Waals surface area contributed by atoms with E-state index in [4.69, 9.17) is 9.47 Å². The van der Waals surface area contributed by atoms with Gasteiger partial charge in [-0.2, -0.15) is 4.31 Å². The number of benzene rings is 1. The van der Waals surface area contributed by atoms with Gasteiger partial charge in [0.1, 0.15) is 0 Å². The lowest BCUT2D eigenvalue weighted by atomic mass is 10.1. The average Bonchev–Trinajstić information content (AvgIpc) is 2.66. The predicted molar refractivity (Wildman–Crippen MR) is 104 cm³/mol. The molecule has 0 bridgehead atoms. The summed E-state index contributed by atoms with van der Waals surface area (Å²) >= 11 is 0. The van der Waals surface area contributed by atoms with E-state index in [1.54, 1.807) is 31.7 Å². The Morgan fingerprint density at radius 1 is 1.29 bits per heavy atom. The smallest absolute Gasteiger partial charge is 0.338 e. The maximum absolute atomic E-state index is 12.7. The fourth-order valence-electron chi connectivity index (χ4n) is 3.04. The topological polar surface area (TPSA) is 93.2 Å². The van der Waals surface area contributed by atoms with Crippen LogP contribution in [0.5, 0.6) is 0 Å². The van der Waals surface area contributed by atoms with Gasteiger partial charge in [-0.1, -0.05) is 19.9 Å². The van der Waals surface area contributed by atoms with Gasteiger partial charge in [0.2, 0.25) is 10.0 Å². The van der Waals surface area contributed by atoms with Crippen molar-refractivity contribution in [1.82, 2.24) is 9.21 Å². The number of carbonyl (C=O) groups is 2. The van der Waals surface area contributed by atoms with Crippen LogP contribution in [0, 0.1) is 6.92 Å². The summed E-state index contributed by atoms with van der Waals surface area (Å²) in [5.41, 5.74) is 0.715. The molecule has 1 aliphatic heterocycles. The fourth-order valence-corrected chi connectivity index (χ4v) is 4.52. The normalized spacial score (nSPS) is 17.6. The van der Waals surface area contributed by atoms with Gasteiger partial charge in [-0.3, -0.25) is 4.79 Å². The molecule has 1 heterocycles. The summed E-state index contributed by atoms with van der Waals surface area (Å²) in [5.74, 6) is -1.02. The summed E-state index contributed by atoms with van der Waals surface area (Å²) in [7, 11) is -3.69. The van der Waals surface area contributed by atoms with Crippen molar-refractivity contribution in [2.45, 2.75) is 38.7 Å². The van der Waals surface area contributed by atoms with Crippen LogP contribution in [0.25, 0.3) is 0 Å². The predicted octanol–water partition coefficient (Wildman–Crippen LogP) is 1.43. The molecule has 0 radical (unpaired) electrons. The maximum Gasteiger partial charge on any atom is 0.338 e. The minimum absolute atomic E-state index is 0.0297. The lowest BCUT2D eigenvalue weighted by Crippen LogP contribution is -2.46. The number of hydrogen-bond donors (Lipinski definition) is 0. The number of ether oxygens (including phenoxy) is 2. The first-order valence-electron chi connectivity index (χ1n) is 9.38. The van der Waals surface area contributed by atoms with E-state index in [2.05, 4.69) is 0 Å². The summed E-state index contributed by atoms with van der Waals surface area (Å²) in [4.78, 5) is 26.3. The van der Waals surface area contributed by atoms with Gasteiger partial charge in [0.15, 0.2) is 6.61 Å². The summed E-state index contributed by atoms with van der Waals surface area (Å²) in [6, 6.07) is 4.35. The van der Waals surface area contributed by atoms with Crippen LogP contribution in [0.4, 0.5) is 0 Å². The quantitative estimate of drug-likeness (QED) is 0.629. The summed E-state index contributed by atoms with van der Waals surface area (Å²) in [5, 5.41) is 0. The molecule has 2 rings (SSSR count). The Kier molecular flexibility index (Phi) is 7.56. The van der Waals surface area contributed by atoms with Gasteiger partial charge in [0.25, 0.3) is 5.91 Å². The zero-order valence-electron chi connectivity index (χ0n) is 16.8. The molecule has 1 aromatic carbocycles. The second kappa shape index (κ2) is 9.49. The van der Waals surface area contributed by atoms with E-state index < -0.39 is 22.6 Å². The Balaban J connectivity index is 2.12. The van der Waals surface area contributed by atoms with Crippen molar-refractivity contribution >= 4 is 21.9 Å². The lowest BCUT2D eigenvalue weighted by molar-refractivity contribution is -0.141. The molecule has 1 atom stereocenters. The molecular weight excluding hydrogens is 384 g/mol. The number of sulfonamides is 1. The number of aryl methyl sites for hydroxylation is 1. The zero-order chi connectivity index (χ0) is 20.9. The van der Waals surface area contributed by atoms with Crippen LogP contribution < -0.4 is 0 Å². The summed E-state index contributed by atoms with van der Waals surface area (Å²) < 4.78 is 37.2. The van der Waals surface area contributed by atoms with Crippen LogP contribution >= 0.6 is 0 Å². The van der Waals surface area contributed by atoms with Crippen molar-refractivity contribution < 1.29 is 27.5 Å². The molecule has 1 unspecified atom stereocenters. The number of hydrogen-bond acceptors (Lipinski definition) is 6. The fraction of sp³-hybridized carbons (Fsp3) is 0.579. The van der Waals surface area contributed by atoms with Crippen molar-refractivity contribution in [1.29, 1.82) is 0 Å². The summed E-state index contributed by atoms with van der Waals surface area (Å²) in [6.45, 7) is 8.70. The second-order valence-electron chi connectivity index (χ2n) is 6.66. The van der Waals surface area contributed by atoms with Crippen LogP contribution in [0.2, 0.25) is 0 Å². The minimum atomic E-state index is -3.69. The highest BCUT2D eigenvalue weighted by atomic mass is 32.2. The van der Waals surface area contributed by atoms with Gasteiger partial charge < -0.3 is 14.4 Å². The SMILES string of the molecule is CCN(CC)S(=O)(=O)c1ccc(C)c(C(=O)OCC(=O)N2CCOC(C)C2)c1. The highest BCUT2D eigenvalue weighted by Gasteiger charge is 2.25. The van der Waals surface area contributed by atoms with Gasteiger partial charge in [0.05, 0.1) is 23.2 Å². The third-order valence-electron chi connectivity index (χ3n) is 4.69. The first-order chi connectivity index (χ1) is 13.2. The van der Waals surface area contributed by atoms with E-state index in [0.29, 0.717) is 38.3 Å². The maximum atomic E-state index is 12.7. The number of esters is 1. The van der Waals surface area contributed by atoms with Gasteiger partial charge in [-0.15, -0.1) is 0 Å². The molecule has 0 aromatic heterocycles. The molecule has 0 aliphatic carbocycles. The standard InChI is InChI=1S/C19H28N2O6S/c1-5-21(6-2)28(24,25)16-8-7-14(3)17(11-16)19(23)27-13-18(22)20-9-10-26-15(4)12-20/h7-8,11,15H,5-6,9-10,12-13H2,1-4H3. The Hall–Kier alpha value is -1.97. The third kappa shape index (κ3) is 5.09. The minimum Gasteiger partial charge on any atom is -0.452 e. The Morgan fingerprint density at radius 2 is 1.96 bits per heavy atom. The van der Waals surface area contributed by atoms with Crippen molar-refractivity contribution in [3.05, 3.63) is 29.3 Å². The van der Waals surface area contributed by atoms with Gasteiger partial charge in [-0.05, 0) is 31.5 Å². The molecule has 156 valence electrons. The monoisotopic (exact) mass is 412 g/mol. The molecule has 0 spiro atoms. The number of rotatable bonds is 7. The van der Waals surface area contributed by atoms with Crippen LogP contribution in [-0.2, 0) is 24.3 Å². The van der Waals surface area contributed by atoms with Gasteiger partial charge in [-0.25, -0.2) is 13.2 Å². The molecule has 1 aliphatic rings. The highest BCUT2D eigenvalue weighted by molar-refractivity contribution is 7.89. The number of carbonyl (C=O) groups excluding carboxylic acids is 2. The zero-order valence-corrected chi connectivity index (χ0v) is 17.6. The number of amides is 1. The van der Waals surface area contributed by atoms with E-state index in [1.165, 1.54) is 16.4 Å². The Morgan fingerprint density at radius 3 is 2.57 bits per heavy atom. The van der Waals surface area contributed by atoms with Crippen molar-refractivity contribution in [2.75, 3.05) is 39.4 Å². The van der Waals surface area contributed by atoms with Crippen LogP contribution in [0.3, 0.4) is 0 Å². The number of morpholine rings is 1. The third-order valence-corrected chi connectivity index (χ3v) is 6.74. The Bertz CT molecular complexity index is 820. The van der Waals surface area contributed by atoms with Gasteiger partial charge in [0, 0.05) is 26.2 Å². The molecule has 1 fully saturated rings. The highest BCUT2D eigenvalue weighted by Crippen LogP contribution is 2.20. The molecule has 9 heteroatoms. The molecule has 0 N–H and O–H groups in total. The molecule has 28 heavy (non-hydrogen) atoms. The first kappa shape index (κ1) is 22.3. The lowest BCUT2D eigenvalue weighted by Gasteiger charge is -2.30. The van der Waals surface area contributed by atoms with Crippen molar-refractivity contribution in [2.24, 2.45) is 0 Å². The second-order valence-corrected chi connectivity index (χ2v) is 8.60. The van der Waals surface area contributed by atoms with E-state index in [9.17, 15) is 18.0 Å². The average molecular weight is 413 g/mol.